The molecule has 2 aromatic carbocycles. The van der Waals surface area contributed by atoms with E-state index in [0.29, 0.717) is 17.6 Å². The molecule has 3 nitrogen and oxygen atoms in total. The van der Waals surface area contributed by atoms with Crippen LogP contribution in [0.25, 0.3) is 12.2 Å². The Morgan fingerprint density at radius 2 is 1.00 bits per heavy atom. The Morgan fingerprint density at radius 1 is 0.621 bits per heavy atom. The van der Waals surface area contributed by atoms with Crippen molar-refractivity contribution < 1.29 is 15.3 Å². The average molecular weight is 395 g/mol. The number of hydrogen-bond acceptors (Lipinski definition) is 3. The van der Waals surface area contributed by atoms with E-state index in [1.54, 1.807) is 12.1 Å². The van der Waals surface area contributed by atoms with Gasteiger partial charge >= 0.3 is 0 Å². The summed E-state index contributed by atoms with van der Waals surface area (Å²) in [4.78, 5) is 0. The molecule has 29 heavy (non-hydrogen) atoms. The Morgan fingerprint density at radius 3 is 1.38 bits per heavy atom. The lowest BCUT2D eigenvalue weighted by atomic mass is 9.85. The van der Waals surface area contributed by atoms with Crippen molar-refractivity contribution in [1.82, 2.24) is 0 Å². The molecule has 0 saturated heterocycles. The number of aromatic hydroxyl groups is 3. The lowest BCUT2D eigenvalue weighted by molar-refractivity contribution is 0.441. The summed E-state index contributed by atoms with van der Waals surface area (Å²) in [7, 11) is 0. The van der Waals surface area contributed by atoms with Crippen LogP contribution in [-0.4, -0.2) is 15.3 Å². The first-order chi connectivity index (χ1) is 13.9. The van der Waals surface area contributed by atoms with Gasteiger partial charge in [-0.15, -0.1) is 0 Å². The van der Waals surface area contributed by atoms with Crippen LogP contribution < -0.4 is 0 Å². The maximum Gasteiger partial charge on any atom is 0.122 e. The Balaban J connectivity index is 2.37. The van der Waals surface area contributed by atoms with E-state index in [1.165, 1.54) is 6.07 Å². The zero-order valence-corrected chi connectivity index (χ0v) is 18.0. The van der Waals surface area contributed by atoms with E-state index in [1.807, 2.05) is 24.3 Å². The fraction of sp³-hybridized carbons (Fsp3) is 0.385. The Kier molecular flexibility index (Phi) is 8.38. The smallest absolute Gasteiger partial charge is 0.122 e. The van der Waals surface area contributed by atoms with Gasteiger partial charge in [-0.2, -0.15) is 0 Å². The summed E-state index contributed by atoms with van der Waals surface area (Å²) in [6, 6.07) is 8.71. The summed E-state index contributed by atoms with van der Waals surface area (Å²) < 4.78 is 0. The number of allylic oxidation sites excluding steroid dienone is 2. The molecule has 3 heteroatoms. The molecule has 156 valence electrons. The second-order valence-corrected chi connectivity index (χ2v) is 7.58. The van der Waals surface area contributed by atoms with Gasteiger partial charge in [0, 0.05) is 6.07 Å². The molecular weight excluding hydrogens is 360 g/mol. The molecule has 0 radical (unpaired) electrons. The van der Waals surface area contributed by atoms with E-state index in [4.69, 9.17) is 0 Å². The van der Waals surface area contributed by atoms with Crippen molar-refractivity contribution in [2.45, 2.75) is 65.2 Å². The maximum absolute atomic E-state index is 11.0. The summed E-state index contributed by atoms with van der Waals surface area (Å²) in [5.41, 5.74) is 3.89. The topological polar surface area (TPSA) is 60.7 Å². The van der Waals surface area contributed by atoms with Crippen LogP contribution in [0.3, 0.4) is 0 Å². The third-order valence-electron chi connectivity index (χ3n) is 5.66. The molecule has 0 heterocycles. The molecule has 0 bridgehead atoms. The minimum absolute atomic E-state index is 0.0387. The Bertz CT molecular complexity index is 803. The van der Waals surface area contributed by atoms with E-state index in [9.17, 15) is 15.3 Å². The van der Waals surface area contributed by atoms with Crippen molar-refractivity contribution in [2.75, 3.05) is 0 Å². The molecule has 0 unspecified atom stereocenters. The van der Waals surface area contributed by atoms with Crippen LogP contribution in [0.1, 0.15) is 87.5 Å². The zero-order valence-electron chi connectivity index (χ0n) is 18.0. The molecular formula is C26H34O3. The van der Waals surface area contributed by atoms with Gasteiger partial charge in [0.15, 0.2) is 0 Å². The minimum Gasteiger partial charge on any atom is -0.508 e. The lowest BCUT2D eigenvalue weighted by Crippen LogP contribution is -2.03. The zero-order chi connectivity index (χ0) is 21.4. The molecule has 0 aliphatic carbocycles. The SMILES string of the molecule is CCC(CC)c1cc(/C=C/C=C/c2cc(O)cc(O)c2)cc(C(CC)CC)c1O. The number of rotatable bonds is 9. The minimum atomic E-state index is 0.0387. The van der Waals surface area contributed by atoms with Crippen molar-refractivity contribution in [3.05, 3.63) is 64.7 Å². The molecule has 0 aliphatic rings. The first-order valence-electron chi connectivity index (χ1n) is 10.7. The maximum atomic E-state index is 11.0. The monoisotopic (exact) mass is 394 g/mol. The second kappa shape index (κ2) is 10.8. The van der Waals surface area contributed by atoms with Gasteiger partial charge in [0.1, 0.15) is 17.2 Å². The predicted octanol–water partition coefficient (Wildman–Crippen LogP) is 7.34. The summed E-state index contributed by atoms with van der Waals surface area (Å²) in [6.45, 7) is 8.67. The Labute approximate surface area is 175 Å². The first-order valence-corrected chi connectivity index (χ1v) is 10.7. The third-order valence-corrected chi connectivity index (χ3v) is 5.66. The predicted molar refractivity (Wildman–Crippen MR) is 123 cm³/mol. The van der Waals surface area contributed by atoms with Crippen molar-refractivity contribution in [3.8, 4) is 17.2 Å². The van der Waals surface area contributed by atoms with Crippen LogP contribution in [0.15, 0.2) is 42.5 Å². The molecule has 0 spiro atoms. The van der Waals surface area contributed by atoms with Crippen LogP contribution in [-0.2, 0) is 0 Å². The molecule has 2 rings (SSSR count). The van der Waals surface area contributed by atoms with Gasteiger partial charge in [-0.1, -0.05) is 52.0 Å². The van der Waals surface area contributed by atoms with Crippen LogP contribution >= 0.6 is 0 Å². The normalized spacial score (nSPS) is 12.1. The van der Waals surface area contributed by atoms with Gasteiger partial charge in [-0.05, 0) is 84.0 Å². The standard InChI is InChI=1S/C26H34O3/c1-5-20(6-2)24-15-19(16-25(26(24)29)21(7-3)8-4)12-10-9-11-18-13-22(27)17-23(28)14-18/h9-17,20-21,27-29H,5-8H2,1-4H3/b11-9+,12-10+. The number of phenolic OH excluding ortho intramolecular Hbond substituents is 3. The highest BCUT2D eigenvalue weighted by molar-refractivity contribution is 5.62. The summed E-state index contributed by atoms with van der Waals surface area (Å²) >= 11 is 0. The quantitative estimate of drug-likeness (QED) is 0.390. The van der Waals surface area contributed by atoms with Gasteiger partial charge in [-0.25, -0.2) is 0 Å². The van der Waals surface area contributed by atoms with Gasteiger partial charge < -0.3 is 15.3 Å². The van der Waals surface area contributed by atoms with Gasteiger partial charge in [-0.3, -0.25) is 0 Å². The largest absolute Gasteiger partial charge is 0.508 e. The molecule has 0 aliphatic heterocycles. The highest BCUT2D eigenvalue weighted by atomic mass is 16.3. The number of benzene rings is 2. The van der Waals surface area contributed by atoms with Crippen molar-refractivity contribution >= 4 is 12.2 Å². The molecule has 3 N–H and O–H groups in total. The molecule has 0 aromatic heterocycles. The second-order valence-electron chi connectivity index (χ2n) is 7.58. The number of phenols is 3. The fourth-order valence-electron chi connectivity index (χ4n) is 3.93. The van der Waals surface area contributed by atoms with Crippen molar-refractivity contribution in [1.29, 1.82) is 0 Å². The van der Waals surface area contributed by atoms with Crippen LogP contribution in [0.2, 0.25) is 0 Å². The highest BCUT2D eigenvalue weighted by Crippen LogP contribution is 2.39. The summed E-state index contributed by atoms with van der Waals surface area (Å²) in [5, 5.41) is 30.1. The van der Waals surface area contributed by atoms with E-state index in [-0.39, 0.29) is 11.5 Å². The van der Waals surface area contributed by atoms with Crippen LogP contribution in [0.5, 0.6) is 17.2 Å². The molecule has 2 aromatic rings. The van der Waals surface area contributed by atoms with E-state index < -0.39 is 0 Å². The summed E-state index contributed by atoms with van der Waals surface area (Å²) in [5.74, 6) is 1.24. The van der Waals surface area contributed by atoms with Crippen LogP contribution in [0, 0.1) is 0 Å². The summed E-state index contributed by atoms with van der Waals surface area (Å²) in [6.07, 6.45) is 11.7. The molecule has 0 amide bonds. The third kappa shape index (κ3) is 5.90. The van der Waals surface area contributed by atoms with Crippen LogP contribution in [0.4, 0.5) is 0 Å². The van der Waals surface area contributed by atoms with Gasteiger partial charge in [0.05, 0.1) is 0 Å². The lowest BCUT2D eigenvalue weighted by Gasteiger charge is -2.22. The highest BCUT2D eigenvalue weighted by Gasteiger charge is 2.19. The van der Waals surface area contributed by atoms with E-state index in [2.05, 4.69) is 39.8 Å². The van der Waals surface area contributed by atoms with Crippen molar-refractivity contribution in [3.63, 3.8) is 0 Å². The number of hydrogen-bond donors (Lipinski definition) is 3. The van der Waals surface area contributed by atoms with Crippen molar-refractivity contribution in [2.24, 2.45) is 0 Å². The van der Waals surface area contributed by atoms with Gasteiger partial charge in [0.2, 0.25) is 0 Å². The molecule has 0 fully saturated rings. The average Bonchev–Trinajstić information content (AvgIpc) is 2.69. The Hall–Kier alpha value is -2.68. The molecule has 0 saturated carbocycles. The van der Waals surface area contributed by atoms with Gasteiger partial charge in [0.25, 0.3) is 0 Å². The van der Waals surface area contributed by atoms with E-state index >= 15 is 0 Å². The molecule has 0 atom stereocenters. The van der Waals surface area contributed by atoms with E-state index in [0.717, 1.165) is 47.9 Å². The fourth-order valence-corrected chi connectivity index (χ4v) is 3.93. The first kappa shape index (κ1) is 22.6.